The molecule has 2 heteroatoms. The molecule has 1 aromatic carbocycles. The Morgan fingerprint density at radius 2 is 1.84 bits per heavy atom. The van der Waals surface area contributed by atoms with Gasteiger partial charge in [-0.25, -0.2) is 0 Å². The van der Waals surface area contributed by atoms with Crippen molar-refractivity contribution in [1.29, 1.82) is 0 Å². The van der Waals surface area contributed by atoms with E-state index in [9.17, 15) is 0 Å². The lowest BCUT2D eigenvalue weighted by atomic mass is 9.81. The number of hydrogen-bond donors (Lipinski definition) is 1. The van der Waals surface area contributed by atoms with E-state index in [0.717, 1.165) is 17.5 Å². The van der Waals surface area contributed by atoms with Crippen LogP contribution in [0.15, 0.2) is 24.3 Å². The summed E-state index contributed by atoms with van der Waals surface area (Å²) in [5.74, 6) is 2.16. The Balaban J connectivity index is 2.19. The lowest BCUT2D eigenvalue weighted by molar-refractivity contribution is 0.320. The van der Waals surface area contributed by atoms with Gasteiger partial charge in [-0.15, -0.1) is 0 Å². The van der Waals surface area contributed by atoms with Crippen LogP contribution in [0.5, 0.6) is 0 Å². The van der Waals surface area contributed by atoms with Gasteiger partial charge in [0.25, 0.3) is 0 Å². The minimum absolute atomic E-state index is 0.577. The summed E-state index contributed by atoms with van der Waals surface area (Å²) in [5, 5.41) is 4.60. The fourth-order valence-corrected chi connectivity index (χ4v) is 3.13. The highest BCUT2D eigenvalue weighted by Crippen LogP contribution is 2.46. The van der Waals surface area contributed by atoms with E-state index >= 15 is 0 Å². The smallest absolute Gasteiger partial charge is 0.0406 e. The van der Waals surface area contributed by atoms with Gasteiger partial charge in [-0.05, 0) is 55.3 Å². The number of nitrogens with one attached hydrogen (secondary N) is 1. The van der Waals surface area contributed by atoms with Crippen molar-refractivity contribution in [3.8, 4) is 0 Å². The summed E-state index contributed by atoms with van der Waals surface area (Å²) in [5.41, 5.74) is 1.45. The van der Waals surface area contributed by atoms with E-state index in [4.69, 9.17) is 11.6 Å². The highest BCUT2D eigenvalue weighted by atomic mass is 35.5. The molecule has 2 rings (SSSR count). The van der Waals surface area contributed by atoms with Crippen molar-refractivity contribution in [2.75, 3.05) is 6.54 Å². The Kier molecular flexibility index (Phi) is 5.29. The van der Waals surface area contributed by atoms with Gasteiger partial charge >= 0.3 is 0 Å². The van der Waals surface area contributed by atoms with E-state index in [2.05, 4.69) is 38.2 Å². The highest BCUT2D eigenvalue weighted by Gasteiger charge is 2.38. The van der Waals surface area contributed by atoms with E-state index in [1.807, 2.05) is 12.1 Å². The molecule has 2 unspecified atom stereocenters. The van der Waals surface area contributed by atoms with Crippen molar-refractivity contribution in [2.45, 2.75) is 52.0 Å². The summed E-state index contributed by atoms with van der Waals surface area (Å²) in [6.45, 7) is 8.01. The fourth-order valence-electron chi connectivity index (χ4n) is 3.00. The Morgan fingerprint density at radius 3 is 2.32 bits per heavy atom. The molecule has 0 spiro atoms. The number of hydrogen-bond acceptors (Lipinski definition) is 1. The van der Waals surface area contributed by atoms with Gasteiger partial charge in [0.05, 0.1) is 0 Å². The van der Waals surface area contributed by atoms with Crippen LogP contribution >= 0.6 is 11.6 Å². The average Bonchev–Trinajstić information content (AvgIpc) is 3.20. The third kappa shape index (κ3) is 3.97. The number of benzene rings is 1. The third-order valence-corrected chi connectivity index (χ3v) is 4.37. The summed E-state index contributed by atoms with van der Waals surface area (Å²) in [6.07, 6.45) is 3.95. The van der Waals surface area contributed by atoms with Gasteiger partial charge in [-0.1, -0.05) is 44.5 Å². The van der Waals surface area contributed by atoms with Crippen LogP contribution in [0, 0.1) is 11.8 Å². The number of halogens is 1. The molecule has 1 aliphatic carbocycles. The van der Waals surface area contributed by atoms with Crippen molar-refractivity contribution in [1.82, 2.24) is 5.32 Å². The van der Waals surface area contributed by atoms with Gasteiger partial charge in [-0.2, -0.15) is 0 Å². The molecule has 1 aromatic rings. The molecule has 0 radical (unpaired) electrons. The second-order valence-electron chi connectivity index (χ2n) is 6.14. The predicted octanol–water partition coefficient (Wildman–Crippen LogP) is 4.86. The molecule has 0 aromatic heterocycles. The Hall–Kier alpha value is -0.530. The quantitative estimate of drug-likeness (QED) is 0.752. The Bertz CT molecular complexity index is 381. The van der Waals surface area contributed by atoms with Gasteiger partial charge < -0.3 is 5.32 Å². The second kappa shape index (κ2) is 6.76. The van der Waals surface area contributed by atoms with Gasteiger partial charge in [0.2, 0.25) is 0 Å². The van der Waals surface area contributed by atoms with Crippen LogP contribution in [-0.4, -0.2) is 12.6 Å². The van der Waals surface area contributed by atoms with E-state index in [0.29, 0.717) is 17.9 Å². The molecule has 1 aliphatic rings. The fraction of sp³-hybridized carbons (Fsp3) is 0.647. The first-order valence-corrected chi connectivity index (χ1v) is 8.00. The normalized spacial score (nSPS) is 18.6. The van der Waals surface area contributed by atoms with Crippen molar-refractivity contribution < 1.29 is 0 Å². The molecule has 0 amide bonds. The zero-order valence-corrected chi connectivity index (χ0v) is 13.1. The molecule has 19 heavy (non-hydrogen) atoms. The molecule has 1 nitrogen and oxygen atoms in total. The predicted molar refractivity (Wildman–Crippen MR) is 83.8 cm³/mol. The van der Waals surface area contributed by atoms with Crippen molar-refractivity contribution >= 4 is 11.6 Å². The molecule has 106 valence electrons. The standard InChI is InChI=1S/C17H26ClN/c1-4-11-19-17(12(2)3)16(13-5-6-13)14-7-9-15(18)10-8-14/h7-10,12-13,16-17,19H,4-6,11H2,1-3H3. The van der Waals surface area contributed by atoms with Gasteiger partial charge in [0.1, 0.15) is 0 Å². The summed E-state index contributed by atoms with van der Waals surface area (Å²) in [4.78, 5) is 0. The Labute approximate surface area is 122 Å². The van der Waals surface area contributed by atoms with E-state index in [-0.39, 0.29) is 0 Å². The Morgan fingerprint density at radius 1 is 1.21 bits per heavy atom. The third-order valence-electron chi connectivity index (χ3n) is 4.12. The lowest BCUT2D eigenvalue weighted by Gasteiger charge is -2.32. The second-order valence-corrected chi connectivity index (χ2v) is 6.58. The summed E-state index contributed by atoms with van der Waals surface area (Å²) >= 11 is 6.02. The van der Waals surface area contributed by atoms with Crippen LogP contribution < -0.4 is 5.32 Å². The zero-order valence-electron chi connectivity index (χ0n) is 12.3. The van der Waals surface area contributed by atoms with E-state index in [1.165, 1.54) is 24.8 Å². The summed E-state index contributed by atoms with van der Waals surface area (Å²) in [6, 6.07) is 9.07. The molecule has 1 saturated carbocycles. The first kappa shape index (κ1) is 14.9. The van der Waals surface area contributed by atoms with Gasteiger partial charge in [0, 0.05) is 17.0 Å². The topological polar surface area (TPSA) is 12.0 Å². The van der Waals surface area contributed by atoms with Crippen molar-refractivity contribution in [3.05, 3.63) is 34.9 Å². The molecule has 0 aliphatic heterocycles. The van der Waals surface area contributed by atoms with Gasteiger partial charge in [0.15, 0.2) is 0 Å². The highest BCUT2D eigenvalue weighted by molar-refractivity contribution is 6.30. The first-order chi connectivity index (χ1) is 9.13. The van der Waals surface area contributed by atoms with E-state index < -0.39 is 0 Å². The lowest BCUT2D eigenvalue weighted by Crippen LogP contribution is -2.40. The largest absolute Gasteiger partial charge is 0.313 e. The van der Waals surface area contributed by atoms with Crippen LogP contribution in [0.4, 0.5) is 0 Å². The molecule has 1 fully saturated rings. The number of rotatable bonds is 7. The van der Waals surface area contributed by atoms with Crippen LogP contribution in [0.25, 0.3) is 0 Å². The zero-order chi connectivity index (χ0) is 13.8. The monoisotopic (exact) mass is 279 g/mol. The van der Waals surface area contributed by atoms with Crippen LogP contribution in [0.1, 0.15) is 51.5 Å². The van der Waals surface area contributed by atoms with Crippen LogP contribution in [-0.2, 0) is 0 Å². The summed E-state index contributed by atoms with van der Waals surface area (Å²) in [7, 11) is 0. The maximum atomic E-state index is 6.02. The minimum atomic E-state index is 0.577. The van der Waals surface area contributed by atoms with Crippen LogP contribution in [0.2, 0.25) is 5.02 Å². The molecule has 1 N–H and O–H groups in total. The molecule has 0 heterocycles. The molecule has 0 bridgehead atoms. The molecular formula is C17H26ClN. The molecule has 2 atom stereocenters. The average molecular weight is 280 g/mol. The van der Waals surface area contributed by atoms with Gasteiger partial charge in [-0.3, -0.25) is 0 Å². The van der Waals surface area contributed by atoms with Crippen molar-refractivity contribution in [3.63, 3.8) is 0 Å². The minimum Gasteiger partial charge on any atom is -0.313 e. The van der Waals surface area contributed by atoms with Crippen LogP contribution in [0.3, 0.4) is 0 Å². The first-order valence-electron chi connectivity index (χ1n) is 7.62. The maximum absolute atomic E-state index is 6.02. The molecular weight excluding hydrogens is 254 g/mol. The SMILES string of the molecule is CCCNC(C(C)C)C(c1ccc(Cl)cc1)C1CC1. The summed E-state index contributed by atoms with van der Waals surface area (Å²) < 4.78 is 0. The van der Waals surface area contributed by atoms with Crippen molar-refractivity contribution in [2.24, 2.45) is 11.8 Å². The molecule has 0 saturated heterocycles. The maximum Gasteiger partial charge on any atom is 0.0406 e. The van der Waals surface area contributed by atoms with E-state index in [1.54, 1.807) is 0 Å².